The van der Waals surface area contributed by atoms with Gasteiger partial charge in [-0.25, -0.2) is 4.79 Å². The van der Waals surface area contributed by atoms with Crippen molar-refractivity contribution in [2.45, 2.75) is 47.7 Å². The molecule has 0 saturated carbocycles. The molecule has 0 amide bonds. The second-order valence-corrected chi connectivity index (χ2v) is 10.4. The van der Waals surface area contributed by atoms with Crippen LogP contribution in [0.4, 0.5) is 0 Å². The Morgan fingerprint density at radius 2 is 1.14 bits per heavy atom. The smallest absolute Gasteiger partial charge is 0.309 e. The fourth-order valence-electron chi connectivity index (χ4n) is 2.77. The second-order valence-electron chi connectivity index (χ2n) is 6.05. The number of rotatable bonds is 14. The molecule has 0 saturated heterocycles. The molecule has 12 heteroatoms. The third-order valence-corrected chi connectivity index (χ3v) is 8.09. The minimum Gasteiger partial charge on any atom is -0.309 e. The van der Waals surface area contributed by atoms with Gasteiger partial charge in [0.1, 0.15) is 0 Å². The molecule has 1 heterocycles. The predicted octanol–water partition coefficient (Wildman–Crippen LogP) is 2.85. The number of hydrogen-bond acceptors (Lipinski definition) is 8. The Morgan fingerprint density at radius 3 is 1.52 bits per heavy atom. The molecule has 1 aromatic rings. The highest BCUT2D eigenvalue weighted by Crippen LogP contribution is 2.48. The molecule has 1 rings (SSSR count). The molecule has 0 aliphatic carbocycles. The lowest BCUT2D eigenvalue weighted by Gasteiger charge is -2.20. The molecule has 0 fully saturated rings. The maximum absolute atomic E-state index is 12.9. The Hall–Kier alpha value is -1.02. The maximum atomic E-state index is 12.9. The van der Waals surface area contributed by atoms with E-state index in [0.717, 1.165) is 4.57 Å². The lowest BCUT2D eigenvalue weighted by atomic mass is 10.4. The first-order chi connectivity index (χ1) is 13.6. The van der Waals surface area contributed by atoms with Crippen molar-refractivity contribution in [1.82, 2.24) is 9.13 Å². The summed E-state index contributed by atoms with van der Waals surface area (Å²) in [6.45, 7) is 9.14. The van der Waals surface area contributed by atoms with Gasteiger partial charge in [-0.3, -0.25) is 23.1 Å². The minimum atomic E-state index is -3.40. The van der Waals surface area contributed by atoms with E-state index in [1.165, 1.54) is 10.6 Å². The highest BCUT2D eigenvalue weighted by Gasteiger charge is 2.26. The maximum Gasteiger partial charge on any atom is 0.332 e. The molecule has 0 unspecified atom stereocenters. The molecular weight excluding hydrogens is 422 g/mol. The summed E-state index contributed by atoms with van der Waals surface area (Å²) in [6.07, 6.45) is -0.118. The van der Waals surface area contributed by atoms with Gasteiger partial charge in [-0.15, -0.1) is 0 Å². The lowest BCUT2D eigenvalue weighted by molar-refractivity contribution is 0.218. The van der Waals surface area contributed by atoms with Crippen LogP contribution < -0.4 is 11.2 Å². The highest BCUT2D eigenvalue weighted by atomic mass is 31.2. The quantitative estimate of drug-likeness (QED) is 0.394. The minimum absolute atomic E-state index is 0.00991. The second kappa shape index (κ2) is 12.0. The molecule has 0 spiro atoms. The van der Waals surface area contributed by atoms with Crippen molar-refractivity contribution in [1.29, 1.82) is 0 Å². The normalized spacial score (nSPS) is 12.4. The van der Waals surface area contributed by atoms with Gasteiger partial charge in [0, 0.05) is 24.8 Å². The molecule has 0 aliphatic heterocycles. The first-order valence-electron chi connectivity index (χ1n) is 9.72. The van der Waals surface area contributed by atoms with Crippen LogP contribution in [-0.2, 0) is 40.3 Å². The van der Waals surface area contributed by atoms with E-state index < -0.39 is 26.4 Å². The number of nitrogens with zero attached hydrogens (tertiary/aromatic N) is 2. The van der Waals surface area contributed by atoms with Crippen molar-refractivity contribution in [2.75, 3.05) is 38.8 Å². The average Bonchev–Trinajstić information content (AvgIpc) is 2.62. The van der Waals surface area contributed by atoms with Crippen molar-refractivity contribution in [3.63, 3.8) is 0 Å². The van der Waals surface area contributed by atoms with Gasteiger partial charge in [-0.1, -0.05) is 0 Å². The molecule has 0 aromatic carbocycles. The summed E-state index contributed by atoms with van der Waals surface area (Å²) in [5.74, 6) is 0. The zero-order chi connectivity index (χ0) is 22.1. The summed E-state index contributed by atoms with van der Waals surface area (Å²) in [5, 5.41) is 0. The predicted molar refractivity (Wildman–Crippen MR) is 111 cm³/mol. The van der Waals surface area contributed by atoms with Crippen LogP contribution in [0.2, 0.25) is 0 Å². The van der Waals surface area contributed by atoms with E-state index in [4.69, 9.17) is 18.1 Å². The Balaban J connectivity index is 3.12. The SMILES string of the molecule is CCOP(=O)(CCn1c(C)cc(=O)n(CCP(=O)(OCC)OCC)c1=O)OCC. The number of aromatic nitrogens is 2. The van der Waals surface area contributed by atoms with Gasteiger partial charge in [0.2, 0.25) is 0 Å². The number of hydrogen-bond donors (Lipinski definition) is 0. The van der Waals surface area contributed by atoms with E-state index in [9.17, 15) is 18.7 Å². The van der Waals surface area contributed by atoms with Crippen LogP contribution >= 0.6 is 15.2 Å². The van der Waals surface area contributed by atoms with E-state index in [-0.39, 0.29) is 51.8 Å². The first-order valence-corrected chi connectivity index (χ1v) is 13.2. The van der Waals surface area contributed by atoms with Gasteiger partial charge in [0.05, 0.1) is 38.8 Å². The van der Waals surface area contributed by atoms with Crippen LogP contribution in [0.3, 0.4) is 0 Å². The fourth-order valence-corrected chi connectivity index (χ4v) is 5.90. The number of aryl methyl sites for hydroxylation is 1. The van der Waals surface area contributed by atoms with Crippen LogP contribution in [0.25, 0.3) is 0 Å². The molecule has 0 bridgehead atoms. The van der Waals surface area contributed by atoms with Gasteiger partial charge in [0.15, 0.2) is 0 Å². The molecule has 0 radical (unpaired) electrons. The summed E-state index contributed by atoms with van der Waals surface area (Å²) in [5.41, 5.74) is -0.677. The molecule has 0 N–H and O–H groups in total. The van der Waals surface area contributed by atoms with E-state index in [2.05, 4.69) is 0 Å². The van der Waals surface area contributed by atoms with Crippen LogP contribution in [0.1, 0.15) is 33.4 Å². The third-order valence-electron chi connectivity index (χ3n) is 3.98. The van der Waals surface area contributed by atoms with Gasteiger partial charge in [0.25, 0.3) is 5.56 Å². The summed E-state index contributed by atoms with van der Waals surface area (Å²) < 4.78 is 48.5. The average molecular weight is 454 g/mol. The van der Waals surface area contributed by atoms with Crippen molar-refractivity contribution < 1.29 is 27.2 Å². The summed E-state index contributed by atoms with van der Waals surface area (Å²) in [7, 11) is -6.75. The van der Waals surface area contributed by atoms with Gasteiger partial charge < -0.3 is 18.1 Å². The third kappa shape index (κ3) is 7.63. The van der Waals surface area contributed by atoms with E-state index in [1.807, 2.05) is 0 Å². The fraction of sp³-hybridized carbons (Fsp3) is 0.765. The Morgan fingerprint density at radius 1 is 0.759 bits per heavy atom. The van der Waals surface area contributed by atoms with Crippen molar-refractivity contribution in [3.05, 3.63) is 32.6 Å². The molecular formula is C17H32N2O8P2. The van der Waals surface area contributed by atoms with Crippen molar-refractivity contribution >= 4 is 15.2 Å². The molecule has 0 aliphatic rings. The summed E-state index contributed by atoms with van der Waals surface area (Å²) in [4.78, 5) is 25.2. The largest absolute Gasteiger partial charge is 0.332 e. The molecule has 168 valence electrons. The monoisotopic (exact) mass is 454 g/mol. The van der Waals surface area contributed by atoms with E-state index >= 15 is 0 Å². The summed E-state index contributed by atoms with van der Waals surface area (Å²) >= 11 is 0. The highest BCUT2D eigenvalue weighted by molar-refractivity contribution is 7.54. The first kappa shape index (κ1) is 26.0. The van der Waals surface area contributed by atoms with Crippen LogP contribution in [0, 0.1) is 6.92 Å². The topological polar surface area (TPSA) is 115 Å². The van der Waals surface area contributed by atoms with E-state index in [1.54, 1.807) is 34.6 Å². The molecule has 1 aromatic heterocycles. The van der Waals surface area contributed by atoms with Crippen molar-refractivity contribution in [2.24, 2.45) is 0 Å². The summed E-state index contributed by atoms with van der Waals surface area (Å²) in [6, 6.07) is 1.31. The lowest BCUT2D eigenvalue weighted by Crippen LogP contribution is -2.41. The van der Waals surface area contributed by atoms with Gasteiger partial charge in [-0.05, 0) is 34.6 Å². The zero-order valence-corrected chi connectivity index (χ0v) is 19.6. The van der Waals surface area contributed by atoms with Crippen LogP contribution in [0.5, 0.6) is 0 Å². The van der Waals surface area contributed by atoms with Crippen LogP contribution in [-0.4, -0.2) is 47.9 Å². The standard InChI is InChI=1S/C17H32N2O8P2/c1-6-24-28(22,25-7-2)12-10-18-15(5)14-16(20)19(17(18)21)11-13-29(23,26-8-3)27-9-4/h14H,6-13H2,1-5H3. The Labute approximate surface area is 171 Å². The van der Waals surface area contributed by atoms with E-state index in [0.29, 0.717) is 5.69 Å². The van der Waals surface area contributed by atoms with Gasteiger partial charge >= 0.3 is 20.9 Å². The Bertz CT molecular complexity index is 844. The Kier molecular flexibility index (Phi) is 10.8. The molecule has 10 nitrogen and oxygen atoms in total. The van der Waals surface area contributed by atoms with Crippen LogP contribution in [0.15, 0.2) is 15.7 Å². The van der Waals surface area contributed by atoms with Gasteiger partial charge in [-0.2, -0.15) is 0 Å². The van der Waals surface area contributed by atoms with Crippen molar-refractivity contribution in [3.8, 4) is 0 Å². The molecule has 29 heavy (non-hydrogen) atoms. The zero-order valence-electron chi connectivity index (χ0n) is 17.8. The molecule has 0 atom stereocenters.